The van der Waals surface area contributed by atoms with E-state index in [1.807, 2.05) is 52.1 Å². The summed E-state index contributed by atoms with van der Waals surface area (Å²) >= 11 is 0. The van der Waals surface area contributed by atoms with Crippen molar-refractivity contribution in [3.05, 3.63) is 54.2 Å². The zero-order valence-electron chi connectivity index (χ0n) is 17.3. The summed E-state index contributed by atoms with van der Waals surface area (Å²) in [7, 11) is 0. The minimum absolute atomic E-state index is 0.949. The van der Waals surface area contributed by atoms with Crippen LogP contribution in [0.5, 0.6) is 0 Å². The normalized spacial score (nSPS) is 10.0. The quantitative estimate of drug-likeness (QED) is 0.554. The third kappa shape index (κ3) is 11.9. The van der Waals surface area contributed by atoms with Crippen LogP contribution in [-0.4, -0.2) is 4.98 Å². The number of nitrogens with zero attached hydrogens (tertiary/aromatic N) is 1. The SMILES string of the molecule is CC.CC.CCCC(C)CC.Cc1cccc(-c2ccccn2)c1. The van der Waals surface area contributed by atoms with Gasteiger partial charge in [0.2, 0.25) is 0 Å². The summed E-state index contributed by atoms with van der Waals surface area (Å²) in [5.74, 6) is 0.949. The molecule has 2 aromatic rings. The maximum Gasteiger partial charge on any atom is 0.0702 e. The molecule has 0 spiro atoms. The van der Waals surface area contributed by atoms with E-state index < -0.39 is 0 Å². The minimum atomic E-state index is 0.949. The molecule has 136 valence electrons. The van der Waals surface area contributed by atoms with Gasteiger partial charge in [0, 0.05) is 11.8 Å². The van der Waals surface area contributed by atoms with Gasteiger partial charge in [0.05, 0.1) is 5.69 Å². The van der Waals surface area contributed by atoms with Crippen LogP contribution in [0.15, 0.2) is 48.7 Å². The Morgan fingerprint density at radius 3 is 2.00 bits per heavy atom. The van der Waals surface area contributed by atoms with Crippen LogP contribution >= 0.6 is 0 Å². The molecule has 0 N–H and O–H groups in total. The van der Waals surface area contributed by atoms with Crippen molar-refractivity contribution in [3.63, 3.8) is 0 Å². The van der Waals surface area contributed by atoms with Crippen LogP contribution in [0, 0.1) is 12.8 Å². The summed E-state index contributed by atoms with van der Waals surface area (Å²) in [6, 6.07) is 14.3. The molecule has 0 aliphatic heterocycles. The lowest BCUT2D eigenvalue weighted by atomic mass is 10.0. The molecule has 1 aromatic carbocycles. The Hall–Kier alpha value is -1.63. The van der Waals surface area contributed by atoms with Crippen LogP contribution in [0.25, 0.3) is 11.3 Å². The van der Waals surface area contributed by atoms with E-state index in [0.717, 1.165) is 11.6 Å². The second-order valence-electron chi connectivity index (χ2n) is 5.39. The summed E-state index contributed by atoms with van der Waals surface area (Å²) in [4.78, 5) is 4.29. The van der Waals surface area contributed by atoms with Crippen molar-refractivity contribution in [2.24, 2.45) is 5.92 Å². The summed E-state index contributed by atoms with van der Waals surface area (Å²) in [6.45, 7) is 16.9. The van der Waals surface area contributed by atoms with Crippen molar-refractivity contribution in [3.8, 4) is 11.3 Å². The van der Waals surface area contributed by atoms with Crippen LogP contribution in [0.2, 0.25) is 0 Å². The number of aryl methyl sites for hydroxylation is 1. The Kier molecular flexibility index (Phi) is 18.2. The van der Waals surface area contributed by atoms with E-state index in [1.54, 1.807) is 0 Å². The predicted octanol–water partition coefficient (Wildman–Crippen LogP) is 7.94. The maximum atomic E-state index is 4.29. The molecule has 2 rings (SSSR count). The first-order valence-corrected chi connectivity index (χ1v) is 9.65. The molecule has 0 bridgehead atoms. The van der Waals surface area contributed by atoms with Gasteiger partial charge in [0.1, 0.15) is 0 Å². The third-order valence-corrected chi connectivity index (χ3v) is 3.46. The number of benzene rings is 1. The number of aromatic nitrogens is 1. The Morgan fingerprint density at radius 1 is 0.917 bits per heavy atom. The molecule has 0 amide bonds. The van der Waals surface area contributed by atoms with Crippen LogP contribution in [0.3, 0.4) is 0 Å². The minimum Gasteiger partial charge on any atom is -0.256 e. The average Bonchev–Trinajstić information content (AvgIpc) is 2.66. The van der Waals surface area contributed by atoms with Gasteiger partial charge in [-0.2, -0.15) is 0 Å². The smallest absolute Gasteiger partial charge is 0.0702 e. The highest BCUT2D eigenvalue weighted by molar-refractivity contribution is 5.59. The number of pyridine rings is 1. The van der Waals surface area contributed by atoms with E-state index in [2.05, 4.69) is 56.9 Å². The zero-order valence-corrected chi connectivity index (χ0v) is 17.3. The topological polar surface area (TPSA) is 12.9 Å². The van der Waals surface area contributed by atoms with Crippen molar-refractivity contribution < 1.29 is 0 Å². The van der Waals surface area contributed by atoms with Gasteiger partial charge in [0.25, 0.3) is 0 Å². The molecule has 1 heteroatoms. The largest absolute Gasteiger partial charge is 0.256 e. The molecule has 1 aromatic heterocycles. The summed E-state index contributed by atoms with van der Waals surface area (Å²) in [6.07, 6.45) is 5.90. The fraction of sp³-hybridized carbons (Fsp3) is 0.522. The van der Waals surface area contributed by atoms with E-state index >= 15 is 0 Å². The van der Waals surface area contributed by atoms with Gasteiger partial charge >= 0.3 is 0 Å². The average molecular weight is 330 g/mol. The van der Waals surface area contributed by atoms with E-state index in [4.69, 9.17) is 0 Å². The number of hydrogen-bond acceptors (Lipinski definition) is 1. The van der Waals surface area contributed by atoms with Crippen molar-refractivity contribution in [1.29, 1.82) is 0 Å². The fourth-order valence-corrected chi connectivity index (χ4v) is 2.03. The molecule has 0 fully saturated rings. The van der Waals surface area contributed by atoms with E-state index in [-0.39, 0.29) is 0 Å². The zero-order chi connectivity index (χ0) is 18.8. The molecule has 1 nitrogen and oxygen atoms in total. The fourth-order valence-electron chi connectivity index (χ4n) is 2.03. The van der Waals surface area contributed by atoms with Gasteiger partial charge in [-0.1, -0.05) is 97.6 Å². The number of rotatable bonds is 4. The first kappa shape index (κ1) is 24.6. The Balaban J connectivity index is 0. The highest BCUT2D eigenvalue weighted by Crippen LogP contribution is 2.16. The lowest BCUT2D eigenvalue weighted by molar-refractivity contribution is 0.509. The molecular weight excluding hydrogens is 290 g/mol. The summed E-state index contributed by atoms with van der Waals surface area (Å²) in [5.41, 5.74) is 3.48. The van der Waals surface area contributed by atoms with Gasteiger partial charge in [-0.3, -0.25) is 4.98 Å². The molecule has 1 unspecified atom stereocenters. The van der Waals surface area contributed by atoms with Crippen molar-refractivity contribution >= 4 is 0 Å². The highest BCUT2D eigenvalue weighted by atomic mass is 14.7. The Labute approximate surface area is 151 Å². The predicted molar refractivity (Wildman–Crippen MR) is 111 cm³/mol. The monoisotopic (exact) mass is 329 g/mol. The molecule has 1 atom stereocenters. The van der Waals surface area contributed by atoms with Gasteiger partial charge in [-0.15, -0.1) is 0 Å². The van der Waals surface area contributed by atoms with Crippen LogP contribution in [0.4, 0.5) is 0 Å². The maximum absolute atomic E-state index is 4.29. The van der Waals surface area contributed by atoms with Crippen LogP contribution in [0.1, 0.15) is 73.3 Å². The molecule has 0 radical (unpaired) electrons. The molecule has 0 saturated heterocycles. The molecule has 0 saturated carbocycles. The van der Waals surface area contributed by atoms with E-state index in [0.29, 0.717) is 0 Å². The molecule has 1 heterocycles. The number of hydrogen-bond donors (Lipinski definition) is 0. The van der Waals surface area contributed by atoms with Gasteiger partial charge in [-0.25, -0.2) is 0 Å². The molecule has 24 heavy (non-hydrogen) atoms. The Bertz CT molecular complexity index is 476. The molecule has 0 aliphatic carbocycles. The molecular formula is C23H39N. The molecule has 0 aliphatic rings. The third-order valence-electron chi connectivity index (χ3n) is 3.46. The highest BCUT2D eigenvalue weighted by Gasteiger charge is 1.96. The van der Waals surface area contributed by atoms with Crippen molar-refractivity contribution in [2.45, 2.75) is 74.7 Å². The summed E-state index contributed by atoms with van der Waals surface area (Å²) in [5, 5.41) is 0. The van der Waals surface area contributed by atoms with Crippen molar-refractivity contribution in [2.75, 3.05) is 0 Å². The summed E-state index contributed by atoms with van der Waals surface area (Å²) < 4.78 is 0. The van der Waals surface area contributed by atoms with Gasteiger partial charge in [0.15, 0.2) is 0 Å². The Morgan fingerprint density at radius 2 is 1.58 bits per heavy atom. The van der Waals surface area contributed by atoms with E-state index in [1.165, 1.54) is 30.4 Å². The van der Waals surface area contributed by atoms with Gasteiger partial charge < -0.3 is 0 Å². The first-order valence-electron chi connectivity index (χ1n) is 9.65. The van der Waals surface area contributed by atoms with Crippen molar-refractivity contribution in [1.82, 2.24) is 4.98 Å². The second kappa shape index (κ2) is 17.7. The lowest BCUT2D eigenvalue weighted by Gasteiger charge is -2.02. The van der Waals surface area contributed by atoms with Crippen LogP contribution in [-0.2, 0) is 0 Å². The first-order chi connectivity index (χ1) is 11.7. The van der Waals surface area contributed by atoms with Gasteiger partial charge in [-0.05, 0) is 31.0 Å². The van der Waals surface area contributed by atoms with E-state index in [9.17, 15) is 0 Å². The van der Waals surface area contributed by atoms with Crippen LogP contribution < -0.4 is 0 Å². The lowest BCUT2D eigenvalue weighted by Crippen LogP contribution is -1.88. The second-order valence-corrected chi connectivity index (χ2v) is 5.39. The standard InChI is InChI=1S/C12H11N.C7H16.2C2H6/c1-10-5-4-6-11(9-10)12-7-2-3-8-13-12;1-4-6-7(3)5-2;2*1-2/h2-9H,1H3;7H,4-6H2,1-3H3;2*1-2H3.